The van der Waals surface area contributed by atoms with E-state index in [-0.39, 0.29) is 23.6 Å². The van der Waals surface area contributed by atoms with E-state index in [1.807, 2.05) is 19.1 Å². The summed E-state index contributed by atoms with van der Waals surface area (Å²) in [6.45, 7) is -1.02. The van der Waals surface area contributed by atoms with Crippen LogP contribution in [0.5, 0.6) is 5.75 Å². The normalized spacial score (nSPS) is 17.2. The number of benzene rings is 2. The predicted octanol–water partition coefficient (Wildman–Crippen LogP) is 4.59. The smallest absolute Gasteiger partial charge is 0.387 e. The molecule has 5 heteroatoms. The van der Waals surface area contributed by atoms with Gasteiger partial charge in [-0.3, -0.25) is 4.79 Å². The standard InChI is InChI=1S/C20H21F2NO2/c1-13(15-6-4-7-17(11-15)25-20(21)22)23-19(24)12-16-10-9-14-5-2-3-8-18(14)16/h2-8,11,13,16,20H,9-10,12H2,1H3,(H,23,24). The molecule has 1 amide bonds. The molecule has 2 aromatic carbocycles. The highest BCUT2D eigenvalue weighted by Gasteiger charge is 2.24. The molecule has 0 saturated carbocycles. The second-order valence-electron chi connectivity index (χ2n) is 6.38. The highest BCUT2D eigenvalue weighted by molar-refractivity contribution is 5.77. The van der Waals surface area contributed by atoms with Gasteiger partial charge in [-0.1, -0.05) is 36.4 Å². The number of hydrogen-bond acceptors (Lipinski definition) is 2. The molecule has 132 valence electrons. The molecular formula is C20H21F2NO2. The minimum absolute atomic E-state index is 0.0330. The Morgan fingerprint density at radius 3 is 2.84 bits per heavy atom. The van der Waals surface area contributed by atoms with Crippen LogP contribution in [0.4, 0.5) is 8.78 Å². The summed E-state index contributed by atoms with van der Waals surface area (Å²) in [5.74, 6) is 0.310. The first-order valence-electron chi connectivity index (χ1n) is 8.45. The maximum absolute atomic E-state index is 12.4. The molecule has 1 aliphatic carbocycles. The van der Waals surface area contributed by atoms with E-state index in [0.29, 0.717) is 6.42 Å². The van der Waals surface area contributed by atoms with Gasteiger partial charge in [-0.05, 0) is 54.5 Å². The second-order valence-corrected chi connectivity index (χ2v) is 6.38. The Bertz CT molecular complexity index is 748. The number of amides is 1. The summed E-state index contributed by atoms with van der Waals surface area (Å²) < 4.78 is 29.1. The molecule has 2 unspecified atom stereocenters. The van der Waals surface area contributed by atoms with Crippen LogP contribution in [0.15, 0.2) is 48.5 Å². The van der Waals surface area contributed by atoms with Gasteiger partial charge in [0.2, 0.25) is 5.91 Å². The average Bonchev–Trinajstić information content (AvgIpc) is 2.97. The van der Waals surface area contributed by atoms with Gasteiger partial charge in [0.15, 0.2) is 0 Å². The molecule has 2 aromatic rings. The molecule has 0 spiro atoms. The van der Waals surface area contributed by atoms with Crippen LogP contribution < -0.4 is 10.1 Å². The third-order valence-electron chi connectivity index (χ3n) is 4.65. The third-order valence-corrected chi connectivity index (χ3v) is 4.65. The van der Waals surface area contributed by atoms with E-state index in [4.69, 9.17) is 0 Å². The number of halogens is 2. The first kappa shape index (κ1) is 17.4. The maximum atomic E-state index is 12.4. The van der Waals surface area contributed by atoms with Crippen molar-refractivity contribution in [2.24, 2.45) is 0 Å². The minimum atomic E-state index is -2.86. The Kier molecular flexibility index (Phi) is 5.31. The first-order valence-corrected chi connectivity index (χ1v) is 8.45. The van der Waals surface area contributed by atoms with Crippen LogP contribution >= 0.6 is 0 Å². The minimum Gasteiger partial charge on any atom is -0.435 e. The van der Waals surface area contributed by atoms with Crippen molar-refractivity contribution >= 4 is 5.91 Å². The highest BCUT2D eigenvalue weighted by atomic mass is 19.3. The van der Waals surface area contributed by atoms with Crippen molar-refractivity contribution in [3.05, 3.63) is 65.2 Å². The number of carbonyl (C=O) groups excluding carboxylic acids is 1. The summed E-state index contributed by atoms with van der Waals surface area (Å²) in [7, 11) is 0. The van der Waals surface area contributed by atoms with Crippen molar-refractivity contribution in [1.82, 2.24) is 5.32 Å². The van der Waals surface area contributed by atoms with E-state index >= 15 is 0 Å². The maximum Gasteiger partial charge on any atom is 0.387 e. The number of aryl methyl sites for hydroxylation is 1. The fourth-order valence-electron chi connectivity index (χ4n) is 3.42. The van der Waals surface area contributed by atoms with Crippen LogP contribution in [0.3, 0.4) is 0 Å². The fraction of sp³-hybridized carbons (Fsp3) is 0.350. The largest absolute Gasteiger partial charge is 0.435 e. The van der Waals surface area contributed by atoms with Crippen molar-refractivity contribution in [1.29, 1.82) is 0 Å². The SMILES string of the molecule is CC(NC(=O)CC1CCc2ccccc21)c1cccc(OC(F)F)c1. The number of carbonyl (C=O) groups is 1. The van der Waals surface area contributed by atoms with Gasteiger partial charge in [0.1, 0.15) is 5.75 Å². The zero-order chi connectivity index (χ0) is 17.8. The van der Waals surface area contributed by atoms with Gasteiger partial charge in [-0.15, -0.1) is 0 Å². The Labute approximate surface area is 146 Å². The van der Waals surface area contributed by atoms with Crippen LogP contribution in [0, 0.1) is 0 Å². The van der Waals surface area contributed by atoms with E-state index in [9.17, 15) is 13.6 Å². The highest BCUT2D eigenvalue weighted by Crippen LogP contribution is 2.35. The second kappa shape index (κ2) is 7.64. The van der Waals surface area contributed by atoms with Crippen molar-refractivity contribution in [3.63, 3.8) is 0 Å². The average molecular weight is 345 g/mol. The van der Waals surface area contributed by atoms with Crippen molar-refractivity contribution < 1.29 is 18.3 Å². The third kappa shape index (κ3) is 4.35. The lowest BCUT2D eigenvalue weighted by Crippen LogP contribution is -2.27. The molecule has 0 aromatic heterocycles. The van der Waals surface area contributed by atoms with E-state index in [1.165, 1.54) is 23.3 Å². The molecule has 0 fully saturated rings. The van der Waals surface area contributed by atoms with Crippen molar-refractivity contribution in [3.8, 4) is 5.75 Å². The molecule has 0 bridgehead atoms. The molecule has 1 N–H and O–H groups in total. The predicted molar refractivity (Wildman–Crippen MR) is 91.8 cm³/mol. The molecule has 2 atom stereocenters. The summed E-state index contributed by atoms with van der Waals surface area (Å²) in [6.07, 6.45) is 2.43. The van der Waals surface area contributed by atoms with Gasteiger partial charge in [-0.2, -0.15) is 8.78 Å². The van der Waals surface area contributed by atoms with Gasteiger partial charge in [0.25, 0.3) is 0 Å². The van der Waals surface area contributed by atoms with Crippen LogP contribution in [-0.4, -0.2) is 12.5 Å². The van der Waals surface area contributed by atoms with Crippen LogP contribution in [0.2, 0.25) is 0 Å². The van der Waals surface area contributed by atoms with E-state index in [0.717, 1.165) is 18.4 Å². The summed E-state index contributed by atoms with van der Waals surface area (Å²) >= 11 is 0. The Balaban J connectivity index is 1.60. The molecule has 0 heterocycles. The summed E-state index contributed by atoms with van der Waals surface area (Å²) in [5, 5.41) is 2.95. The summed E-state index contributed by atoms with van der Waals surface area (Å²) in [4.78, 5) is 12.4. The summed E-state index contributed by atoms with van der Waals surface area (Å²) in [5.41, 5.74) is 3.32. The molecule has 3 nitrogen and oxygen atoms in total. The summed E-state index contributed by atoms with van der Waals surface area (Å²) in [6, 6.07) is 14.4. The lowest BCUT2D eigenvalue weighted by atomic mass is 9.97. The number of alkyl halides is 2. The lowest BCUT2D eigenvalue weighted by Gasteiger charge is -2.17. The first-order chi connectivity index (χ1) is 12.0. The van der Waals surface area contributed by atoms with Gasteiger partial charge < -0.3 is 10.1 Å². The van der Waals surface area contributed by atoms with E-state index in [1.54, 1.807) is 12.1 Å². The van der Waals surface area contributed by atoms with Crippen LogP contribution in [-0.2, 0) is 11.2 Å². The molecule has 1 aliphatic rings. The number of fused-ring (bicyclic) bond motifs is 1. The number of nitrogens with one attached hydrogen (secondary N) is 1. The number of hydrogen-bond donors (Lipinski definition) is 1. The zero-order valence-electron chi connectivity index (χ0n) is 14.0. The van der Waals surface area contributed by atoms with Crippen molar-refractivity contribution in [2.75, 3.05) is 0 Å². The van der Waals surface area contributed by atoms with Gasteiger partial charge in [-0.25, -0.2) is 0 Å². The Morgan fingerprint density at radius 1 is 1.24 bits per heavy atom. The van der Waals surface area contributed by atoms with Crippen LogP contribution in [0.1, 0.15) is 48.4 Å². The monoisotopic (exact) mass is 345 g/mol. The number of ether oxygens (including phenoxy) is 1. The molecule has 25 heavy (non-hydrogen) atoms. The lowest BCUT2D eigenvalue weighted by molar-refractivity contribution is -0.122. The zero-order valence-corrected chi connectivity index (χ0v) is 14.0. The molecule has 0 saturated heterocycles. The quantitative estimate of drug-likeness (QED) is 0.832. The Morgan fingerprint density at radius 2 is 2.04 bits per heavy atom. The number of rotatable bonds is 6. The van der Waals surface area contributed by atoms with Gasteiger partial charge in [0, 0.05) is 6.42 Å². The van der Waals surface area contributed by atoms with E-state index < -0.39 is 6.61 Å². The van der Waals surface area contributed by atoms with Crippen LogP contribution in [0.25, 0.3) is 0 Å². The fourth-order valence-corrected chi connectivity index (χ4v) is 3.42. The molecule has 3 rings (SSSR count). The van der Waals surface area contributed by atoms with E-state index in [2.05, 4.69) is 22.2 Å². The topological polar surface area (TPSA) is 38.3 Å². The molecule has 0 aliphatic heterocycles. The Hall–Kier alpha value is -2.43. The van der Waals surface area contributed by atoms with Gasteiger partial charge in [0.05, 0.1) is 6.04 Å². The van der Waals surface area contributed by atoms with Crippen molar-refractivity contribution in [2.45, 2.75) is 44.8 Å². The molecule has 0 radical (unpaired) electrons. The van der Waals surface area contributed by atoms with Gasteiger partial charge >= 0.3 is 6.61 Å². The molecular weight excluding hydrogens is 324 g/mol.